The van der Waals surface area contributed by atoms with Crippen LogP contribution >= 0.6 is 0 Å². The van der Waals surface area contributed by atoms with Crippen molar-refractivity contribution in [3.05, 3.63) is 60.6 Å². The van der Waals surface area contributed by atoms with E-state index in [1.165, 1.54) is 0 Å². The number of methoxy groups -OCH3 is 1. The summed E-state index contributed by atoms with van der Waals surface area (Å²) in [5.74, 6) is 2.25. The van der Waals surface area contributed by atoms with E-state index in [9.17, 15) is 0 Å². The van der Waals surface area contributed by atoms with Gasteiger partial charge >= 0.3 is 0 Å². The quantitative estimate of drug-likeness (QED) is 0.691. The fraction of sp³-hybridized carbons (Fsp3) is 0.333. The van der Waals surface area contributed by atoms with Crippen LogP contribution in [0, 0.1) is 0 Å². The van der Waals surface area contributed by atoms with Crippen molar-refractivity contribution in [2.24, 2.45) is 0 Å². The minimum absolute atomic E-state index is 0.424. The highest BCUT2D eigenvalue weighted by Gasteiger charge is 2.25. The molecule has 3 aromatic rings. The number of benzene rings is 1. The van der Waals surface area contributed by atoms with Gasteiger partial charge in [-0.15, -0.1) is 0 Å². The summed E-state index contributed by atoms with van der Waals surface area (Å²) in [6.07, 6.45) is 5.42. The lowest BCUT2D eigenvalue weighted by Gasteiger charge is -2.41. The Morgan fingerprint density at radius 2 is 1.93 bits per heavy atom. The highest BCUT2D eigenvalue weighted by atomic mass is 16.5. The van der Waals surface area contributed by atoms with E-state index in [4.69, 9.17) is 9.15 Å². The molecule has 1 aliphatic rings. The number of para-hydroxylation sites is 2. The summed E-state index contributed by atoms with van der Waals surface area (Å²) in [7, 11) is 1.73. The van der Waals surface area contributed by atoms with Crippen LogP contribution in [-0.4, -0.2) is 47.7 Å². The number of rotatable bonds is 5. The van der Waals surface area contributed by atoms with Crippen molar-refractivity contribution in [3.8, 4) is 17.3 Å². The van der Waals surface area contributed by atoms with Crippen LogP contribution in [0.3, 0.4) is 0 Å². The van der Waals surface area contributed by atoms with E-state index in [0.717, 1.165) is 43.2 Å². The molecule has 3 heterocycles. The van der Waals surface area contributed by atoms with Gasteiger partial charge in [-0.25, -0.2) is 9.97 Å². The average molecular weight is 364 g/mol. The van der Waals surface area contributed by atoms with Crippen molar-refractivity contribution in [1.82, 2.24) is 14.9 Å². The van der Waals surface area contributed by atoms with E-state index in [1.54, 1.807) is 13.4 Å². The van der Waals surface area contributed by atoms with E-state index in [0.29, 0.717) is 17.6 Å². The minimum Gasteiger partial charge on any atom is -0.495 e. The molecule has 1 atom stereocenters. The molecule has 0 saturated carbocycles. The van der Waals surface area contributed by atoms with Crippen LogP contribution in [0.25, 0.3) is 11.6 Å². The highest BCUT2D eigenvalue weighted by Crippen LogP contribution is 2.29. The van der Waals surface area contributed by atoms with Gasteiger partial charge in [-0.1, -0.05) is 12.1 Å². The van der Waals surface area contributed by atoms with Gasteiger partial charge in [-0.05, 0) is 31.2 Å². The Morgan fingerprint density at radius 1 is 1.11 bits per heavy atom. The maximum absolute atomic E-state index is 5.52. The second kappa shape index (κ2) is 7.80. The molecule has 6 nitrogen and oxygen atoms in total. The van der Waals surface area contributed by atoms with Crippen molar-refractivity contribution in [2.75, 3.05) is 31.6 Å². The largest absolute Gasteiger partial charge is 0.495 e. The first kappa shape index (κ1) is 17.5. The Hall–Kier alpha value is -2.86. The summed E-state index contributed by atoms with van der Waals surface area (Å²) in [4.78, 5) is 13.7. The van der Waals surface area contributed by atoms with Crippen molar-refractivity contribution in [1.29, 1.82) is 0 Å². The molecule has 140 valence electrons. The van der Waals surface area contributed by atoms with Gasteiger partial charge in [0, 0.05) is 50.2 Å². The molecule has 0 spiro atoms. The second-order valence-electron chi connectivity index (χ2n) is 6.83. The third-order valence-corrected chi connectivity index (χ3v) is 5.02. The SMILES string of the molecule is COc1ccccc1N1CCN(Cc2cnc(-c3ccco3)nc2)[C@@H](C)C1. The highest BCUT2D eigenvalue weighted by molar-refractivity contribution is 5.58. The maximum atomic E-state index is 5.52. The third kappa shape index (κ3) is 3.80. The molecule has 0 radical (unpaired) electrons. The van der Waals surface area contributed by atoms with Crippen molar-refractivity contribution >= 4 is 5.69 Å². The fourth-order valence-electron chi connectivity index (χ4n) is 3.54. The van der Waals surface area contributed by atoms with E-state index in [-0.39, 0.29) is 0 Å². The molecule has 1 saturated heterocycles. The number of nitrogens with zero attached hydrogens (tertiary/aromatic N) is 4. The molecule has 1 aromatic carbocycles. The molecular weight excluding hydrogens is 340 g/mol. The van der Waals surface area contributed by atoms with Gasteiger partial charge in [0.15, 0.2) is 11.6 Å². The molecule has 0 amide bonds. The molecule has 6 heteroatoms. The van der Waals surface area contributed by atoms with E-state index in [1.807, 2.05) is 36.7 Å². The Balaban J connectivity index is 1.40. The predicted octanol–water partition coefficient (Wildman–Crippen LogP) is 3.46. The number of hydrogen-bond donors (Lipinski definition) is 0. The molecule has 0 N–H and O–H groups in total. The van der Waals surface area contributed by atoms with Gasteiger partial charge in [-0.3, -0.25) is 4.90 Å². The molecule has 4 rings (SSSR count). The number of aromatic nitrogens is 2. The Morgan fingerprint density at radius 3 is 2.63 bits per heavy atom. The average Bonchev–Trinajstić information content (AvgIpc) is 3.25. The monoisotopic (exact) mass is 364 g/mol. The molecule has 27 heavy (non-hydrogen) atoms. The summed E-state index contributed by atoms with van der Waals surface area (Å²) >= 11 is 0. The summed E-state index contributed by atoms with van der Waals surface area (Å²) in [5.41, 5.74) is 2.28. The standard InChI is InChI=1S/C21H24N4O2/c1-16-14-25(18-6-3-4-7-19(18)26-2)10-9-24(16)15-17-12-22-21(23-13-17)20-8-5-11-27-20/h3-8,11-13,16H,9-10,14-15H2,1-2H3/t16-/m0/s1. The minimum atomic E-state index is 0.424. The first-order valence-corrected chi connectivity index (χ1v) is 9.21. The first-order chi connectivity index (χ1) is 13.2. The summed E-state index contributed by atoms with van der Waals surface area (Å²) in [6.45, 7) is 6.03. The summed E-state index contributed by atoms with van der Waals surface area (Å²) < 4.78 is 10.9. The van der Waals surface area contributed by atoms with Gasteiger partial charge in [0.1, 0.15) is 5.75 Å². The molecule has 1 aliphatic heterocycles. The fourth-order valence-corrected chi connectivity index (χ4v) is 3.54. The normalized spacial score (nSPS) is 17.9. The molecule has 1 fully saturated rings. The predicted molar refractivity (Wildman–Crippen MR) is 105 cm³/mol. The lowest BCUT2D eigenvalue weighted by atomic mass is 10.1. The number of anilines is 1. The van der Waals surface area contributed by atoms with Gasteiger partial charge in [-0.2, -0.15) is 0 Å². The van der Waals surface area contributed by atoms with Crippen molar-refractivity contribution in [2.45, 2.75) is 19.5 Å². The lowest BCUT2D eigenvalue weighted by molar-refractivity contribution is 0.180. The van der Waals surface area contributed by atoms with Gasteiger partial charge < -0.3 is 14.1 Å². The zero-order chi connectivity index (χ0) is 18.6. The van der Waals surface area contributed by atoms with Crippen LogP contribution < -0.4 is 9.64 Å². The molecule has 0 unspecified atom stereocenters. The van der Waals surface area contributed by atoms with Crippen LogP contribution in [-0.2, 0) is 6.54 Å². The number of furan rings is 1. The molecule has 2 aromatic heterocycles. The second-order valence-corrected chi connectivity index (χ2v) is 6.83. The van der Waals surface area contributed by atoms with Crippen LogP contribution in [0.5, 0.6) is 5.75 Å². The lowest BCUT2D eigenvalue weighted by Crippen LogP contribution is -2.51. The van der Waals surface area contributed by atoms with Crippen LogP contribution in [0.2, 0.25) is 0 Å². The van der Waals surface area contributed by atoms with E-state index < -0.39 is 0 Å². The van der Waals surface area contributed by atoms with Crippen LogP contribution in [0.4, 0.5) is 5.69 Å². The Kier molecular flexibility index (Phi) is 5.07. The number of piperazine rings is 1. The number of ether oxygens (including phenoxy) is 1. The van der Waals surface area contributed by atoms with E-state index in [2.05, 4.69) is 38.8 Å². The zero-order valence-corrected chi connectivity index (χ0v) is 15.7. The first-order valence-electron chi connectivity index (χ1n) is 9.21. The van der Waals surface area contributed by atoms with Crippen molar-refractivity contribution < 1.29 is 9.15 Å². The van der Waals surface area contributed by atoms with Crippen LogP contribution in [0.1, 0.15) is 12.5 Å². The van der Waals surface area contributed by atoms with Gasteiger partial charge in [0.2, 0.25) is 0 Å². The smallest absolute Gasteiger partial charge is 0.195 e. The summed E-state index contributed by atoms with van der Waals surface area (Å²) in [6, 6.07) is 12.4. The van der Waals surface area contributed by atoms with Crippen molar-refractivity contribution in [3.63, 3.8) is 0 Å². The molecule has 0 bridgehead atoms. The molecule has 0 aliphatic carbocycles. The Labute approximate surface area is 159 Å². The van der Waals surface area contributed by atoms with Gasteiger partial charge in [0.25, 0.3) is 0 Å². The topological polar surface area (TPSA) is 54.6 Å². The Bertz CT molecular complexity index is 864. The zero-order valence-electron chi connectivity index (χ0n) is 15.7. The van der Waals surface area contributed by atoms with Crippen LogP contribution in [0.15, 0.2) is 59.5 Å². The molecular formula is C21H24N4O2. The summed E-state index contributed by atoms with van der Waals surface area (Å²) in [5, 5.41) is 0. The maximum Gasteiger partial charge on any atom is 0.195 e. The van der Waals surface area contributed by atoms with Gasteiger partial charge in [0.05, 0.1) is 19.1 Å². The van der Waals surface area contributed by atoms with E-state index >= 15 is 0 Å². The number of hydrogen-bond acceptors (Lipinski definition) is 6. The third-order valence-electron chi connectivity index (χ3n) is 5.02.